The molecule has 2 N–H and O–H groups in total. The molecule has 118 valence electrons. The van der Waals surface area contributed by atoms with Crippen LogP contribution in [-0.2, 0) is 11.0 Å². The van der Waals surface area contributed by atoms with E-state index in [1.807, 2.05) is 0 Å². The quantitative estimate of drug-likeness (QED) is 0.872. The SMILES string of the molecule is N#Cc1ccc(N2CCC(O)(C(=O)O)CC2)cc1C(F)(F)F. The van der Waals surface area contributed by atoms with Gasteiger partial charge in [0.25, 0.3) is 0 Å². The highest BCUT2D eigenvalue weighted by Crippen LogP contribution is 2.35. The van der Waals surface area contributed by atoms with Gasteiger partial charge in [0.2, 0.25) is 0 Å². The normalized spacial score (nSPS) is 17.9. The number of carbonyl (C=O) groups is 1. The lowest BCUT2D eigenvalue weighted by Crippen LogP contribution is -2.49. The first kappa shape index (κ1) is 16.1. The van der Waals surface area contributed by atoms with Crippen LogP contribution in [0.25, 0.3) is 0 Å². The van der Waals surface area contributed by atoms with Crippen molar-refractivity contribution in [1.29, 1.82) is 5.26 Å². The Balaban J connectivity index is 2.25. The molecule has 0 aliphatic carbocycles. The van der Waals surface area contributed by atoms with Crippen LogP contribution in [0.2, 0.25) is 0 Å². The number of nitriles is 1. The number of hydrogen-bond donors (Lipinski definition) is 2. The van der Waals surface area contributed by atoms with Crippen LogP contribution >= 0.6 is 0 Å². The second kappa shape index (κ2) is 5.50. The standard InChI is InChI=1S/C14H13F3N2O3/c15-14(16,17)11-7-10(2-1-9(11)8-18)19-5-3-13(22,4-6-19)12(20)21/h1-2,7,22H,3-6H2,(H,20,21). The minimum atomic E-state index is -4.64. The number of carboxylic acid groups (broad SMARTS) is 1. The van der Waals surface area contributed by atoms with Crippen LogP contribution in [-0.4, -0.2) is 34.9 Å². The summed E-state index contributed by atoms with van der Waals surface area (Å²) in [6.45, 7) is 0.234. The van der Waals surface area contributed by atoms with Gasteiger partial charge in [-0.25, -0.2) is 4.79 Å². The van der Waals surface area contributed by atoms with Crippen molar-refractivity contribution >= 4 is 11.7 Å². The first-order valence-electron chi connectivity index (χ1n) is 6.49. The van der Waals surface area contributed by atoms with E-state index in [0.29, 0.717) is 0 Å². The molecule has 1 fully saturated rings. The van der Waals surface area contributed by atoms with Gasteiger partial charge < -0.3 is 15.1 Å². The molecule has 0 radical (unpaired) electrons. The van der Waals surface area contributed by atoms with E-state index in [2.05, 4.69) is 0 Å². The van der Waals surface area contributed by atoms with Gasteiger partial charge in [0.05, 0.1) is 17.2 Å². The summed E-state index contributed by atoms with van der Waals surface area (Å²) in [5.41, 5.74) is -3.07. The smallest absolute Gasteiger partial charge is 0.417 e. The van der Waals surface area contributed by atoms with Crippen LogP contribution in [0.5, 0.6) is 0 Å². The number of alkyl halides is 3. The highest BCUT2D eigenvalue weighted by atomic mass is 19.4. The molecule has 1 aliphatic rings. The maximum absolute atomic E-state index is 12.9. The molecule has 1 aliphatic heterocycles. The zero-order valence-electron chi connectivity index (χ0n) is 11.4. The van der Waals surface area contributed by atoms with Crippen LogP contribution in [0.15, 0.2) is 18.2 Å². The fourth-order valence-electron chi connectivity index (χ4n) is 2.41. The van der Waals surface area contributed by atoms with E-state index in [1.54, 1.807) is 4.90 Å². The zero-order valence-corrected chi connectivity index (χ0v) is 11.4. The van der Waals surface area contributed by atoms with Crippen molar-refractivity contribution in [3.8, 4) is 6.07 Å². The third-order valence-electron chi connectivity index (χ3n) is 3.78. The lowest BCUT2D eigenvalue weighted by atomic mass is 9.91. The molecule has 1 aromatic rings. The van der Waals surface area contributed by atoms with Crippen LogP contribution in [0.4, 0.5) is 18.9 Å². The Kier molecular flexibility index (Phi) is 4.02. The van der Waals surface area contributed by atoms with E-state index in [1.165, 1.54) is 12.1 Å². The Labute approximate surface area is 124 Å². The van der Waals surface area contributed by atoms with Gasteiger partial charge >= 0.3 is 12.1 Å². The van der Waals surface area contributed by atoms with E-state index < -0.39 is 28.9 Å². The van der Waals surface area contributed by atoms with E-state index in [0.717, 1.165) is 12.1 Å². The molecule has 0 aromatic heterocycles. The number of hydrogen-bond acceptors (Lipinski definition) is 4. The molecule has 8 heteroatoms. The fourth-order valence-corrected chi connectivity index (χ4v) is 2.41. The predicted octanol–water partition coefficient (Wildman–Crippen LogP) is 1.99. The number of nitrogens with zero attached hydrogens (tertiary/aromatic N) is 2. The fraction of sp³-hybridized carbons (Fsp3) is 0.429. The van der Waals surface area contributed by atoms with E-state index in [-0.39, 0.29) is 31.6 Å². The lowest BCUT2D eigenvalue weighted by molar-refractivity contribution is -0.160. The molecule has 0 saturated carbocycles. The Bertz CT molecular complexity index is 629. The third-order valence-corrected chi connectivity index (χ3v) is 3.78. The van der Waals surface area contributed by atoms with Crippen LogP contribution in [0.3, 0.4) is 0 Å². The Hall–Kier alpha value is -2.27. The number of anilines is 1. The van der Waals surface area contributed by atoms with Gasteiger partial charge in [0.1, 0.15) is 0 Å². The molecular formula is C14H13F3N2O3. The molecule has 1 aromatic carbocycles. The molecule has 5 nitrogen and oxygen atoms in total. The minimum absolute atomic E-state index is 0.0797. The Morgan fingerprint density at radius 3 is 2.36 bits per heavy atom. The van der Waals surface area contributed by atoms with Gasteiger partial charge in [0.15, 0.2) is 5.60 Å². The maximum Gasteiger partial charge on any atom is 0.417 e. The highest BCUT2D eigenvalue weighted by Gasteiger charge is 2.40. The summed E-state index contributed by atoms with van der Waals surface area (Å²) in [6, 6.07) is 4.86. The minimum Gasteiger partial charge on any atom is -0.479 e. The molecule has 0 unspecified atom stereocenters. The molecular weight excluding hydrogens is 301 g/mol. The molecule has 0 spiro atoms. The summed E-state index contributed by atoms with van der Waals surface area (Å²) >= 11 is 0. The van der Waals surface area contributed by atoms with Crippen molar-refractivity contribution in [2.75, 3.05) is 18.0 Å². The number of rotatable bonds is 2. The van der Waals surface area contributed by atoms with Gasteiger partial charge in [-0.15, -0.1) is 0 Å². The number of halogens is 3. The first-order chi connectivity index (χ1) is 10.2. The maximum atomic E-state index is 12.9. The average Bonchev–Trinajstić information content (AvgIpc) is 2.46. The molecule has 0 amide bonds. The molecule has 22 heavy (non-hydrogen) atoms. The van der Waals surface area contributed by atoms with Crippen LogP contribution in [0.1, 0.15) is 24.0 Å². The molecule has 0 atom stereocenters. The van der Waals surface area contributed by atoms with Gasteiger partial charge in [-0.1, -0.05) is 0 Å². The Morgan fingerprint density at radius 1 is 1.32 bits per heavy atom. The topological polar surface area (TPSA) is 84.6 Å². The van der Waals surface area contributed by atoms with Gasteiger partial charge in [-0.2, -0.15) is 18.4 Å². The zero-order chi connectivity index (χ0) is 16.5. The summed E-state index contributed by atoms with van der Waals surface area (Å²) in [5.74, 6) is -1.33. The first-order valence-corrected chi connectivity index (χ1v) is 6.49. The molecule has 0 bridgehead atoms. The van der Waals surface area contributed by atoms with Crippen molar-refractivity contribution in [3.05, 3.63) is 29.3 Å². The average molecular weight is 314 g/mol. The van der Waals surface area contributed by atoms with Crippen molar-refractivity contribution < 1.29 is 28.2 Å². The largest absolute Gasteiger partial charge is 0.479 e. The van der Waals surface area contributed by atoms with E-state index >= 15 is 0 Å². The number of piperidine rings is 1. The van der Waals surface area contributed by atoms with Gasteiger partial charge in [0, 0.05) is 31.6 Å². The summed E-state index contributed by atoms with van der Waals surface area (Å²) in [6.07, 6.45) is -4.80. The summed E-state index contributed by atoms with van der Waals surface area (Å²) in [5, 5.41) is 27.5. The number of carboxylic acids is 1. The van der Waals surface area contributed by atoms with Crippen molar-refractivity contribution in [1.82, 2.24) is 0 Å². The summed E-state index contributed by atoms with van der Waals surface area (Å²) in [7, 11) is 0. The number of aliphatic carboxylic acids is 1. The molecule has 1 saturated heterocycles. The second-order valence-electron chi connectivity index (χ2n) is 5.16. The monoisotopic (exact) mass is 314 g/mol. The van der Waals surface area contributed by atoms with Crippen molar-refractivity contribution in [2.45, 2.75) is 24.6 Å². The molecule has 2 rings (SSSR count). The van der Waals surface area contributed by atoms with Crippen molar-refractivity contribution in [2.24, 2.45) is 0 Å². The molecule has 1 heterocycles. The van der Waals surface area contributed by atoms with E-state index in [4.69, 9.17) is 10.4 Å². The van der Waals surface area contributed by atoms with E-state index in [9.17, 15) is 23.1 Å². The van der Waals surface area contributed by atoms with Crippen LogP contribution < -0.4 is 4.90 Å². The van der Waals surface area contributed by atoms with Gasteiger partial charge in [-0.05, 0) is 18.2 Å². The number of benzene rings is 1. The predicted molar refractivity (Wildman–Crippen MR) is 70.2 cm³/mol. The third kappa shape index (κ3) is 2.99. The summed E-state index contributed by atoms with van der Waals surface area (Å²) < 4.78 is 38.8. The Morgan fingerprint density at radius 2 is 1.91 bits per heavy atom. The highest BCUT2D eigenvalue weighted by molar-refractivity contribution is 5.77. The summed E-state index contributed by atoms with van der Waals surface area (Å²) in [4.78, 5) is 12.5. The van der Waals surface area contributed by atoms with Crippen LogP contribution in [0, 0.1) is 11.3 Å². The van der Waals surface area contributed by atoms with Gasteiger partial charge in [-0.3, -0.25) is 0 Å². The second-order valence-corrected chi connectivity index (χ2v) is 5.16. The van der Waals surface area contributed by atoms with Crippen molar-refractivity contribution in [3.63, 3.8) is 0 Å². The number of aliphatic hydroxyl groups is 1. The lowest BCUT2D eigenvalue weighted by Gasteiger charge is -2.36.